The van der Waals surface area contributed by atoms with Gasteiger partial charge in [0.2, 0.25) is 0 Å². The SMILES string of the molecule is O=C(COC(=O)C[C@H]1C[C@@H]2CC[C@@H]1C2)Nc1cc(Cl)cc(Cl)c1. The van der Waals surface area contributed by atoms with E-state index >= 15 is 0 Å². The number of benzene rings is 1. The Labute approximate surface area is 145 Å². The van der Waals surface area contributed by atoms with Gasteiger partial charge in [0.25, 0.3) is 5.91 Å². The second-order valence-corrected chi connectivity index (χ2v) is 7.38. The number of rotatable bonds is 5. The summed E-state index contributed by atoms with van der Waals surface area (Å²) in [6.45, 7) is -0.288. The van der Waals surface area contributed by atoms with Gasteiger partial charge in [0.05, 0.1) is 0 Å². The lowest BCUT2D eigenvalue weighted by Gasteiger charge is -2.20. The topological polar surface area (TPSA) is 55.4 Å². The first-order chi connectivity index (χ1) is 11.0. The number of amides is 1. The molecule has 124 valence electrons. The minimum Gasteiger partial charge on any atom is -0.456 e. The zero-order valence-corrected chi connectivity index (χ0v) is 14.2. The van der Waals surface area contributed by atoms with Crippen molar-refractivity contribution < 1.29 is 14.3 Å². The fourth-order valence-electron chi connectivity index (χ4n) is 3.87. The van der Waals surface area contributed by atoms with Crippen molar-refractivity contribution in [2.24, 2.45) is 17.8 Å². The van der Waals surface area contributed by atoms with E-state index in [0.717, 1.165) is 12.3 Å². The monoisotopic (exact) mass is 355 g/mol. The molecular formula is C17H19Cl2NO3. The predicted octanol–water partition coefficient (Wildman–Crippen LogP) is 4.30. The molecule has 2 fully saturated rings. The van der Waals surface area contributed by atoms with E-state index in [1.54, 1.807) is 18.2 Å². The maximum atomic E-state index is 11.9. The largest absolute Gasteiger partial charge is 0.456 e. The summed E-state index contributed by atoms with van der Waals surface area (Å²) in [7, 11) is 0. The second kappa shape index (κ2) is 7.10. The van der Waals surface area contributed by atoms with Crippen LogP contribution in [0, 0.1) is 17.8 Å². The molecule has 0 radical (unpaired) electrons. The summed E-state index contributed by atoms with van der Waals surface area (Å²) in [5.41, 5.74) is 0.483. The Morgan fingerprint density at radius 3 is 2.48 bits per heavy atom. The van der Waals surface area contributed by atoms with Crippen molar-refractivity contribution in [1.82, 2.24) is 0 Å². The molecule has 0 saturated heterocycles. The highest BCUT2D eigenvalue weighted by Crippen LogP contribution is 2.49. The van der Waals surface area contributed by atoms with E-state index in [1.807, 2.05) is 0 Å². The van der Waals surface area contributed by atoms with Crippen LogP contribution in [0.25, 0.3) is 0 Å². The van der Waals surface area contributed by atoms with Gasteiger partial charge in [0.1, 0.15) is 0 Å². The van der Waals surface area contributed by atoms with Gasteiger partial charge in [0.15, 0.2) is 6.61 Å². The highest BCUT2D eigenvalue weighted by Gasteiger charge is 2.40. The summed E-state index contributed by atoms with van der Waals surface area (Å²) in [5.74, 6) is 1.23. The standard InChI is InChI=1S/C17H19Cl2NO3/c18-13-6-14(19)8-15(7-13)20-16(21)9-23-17(22)5-12-4-10-1-2-11(12)3-10/h6-8,10-12H,1-5,9H2,(H,20,21)/t10-,11-,12-/m1/s1. The van der Waals surface area contributed by atoms with Crippen molar-refractivity contribution in [3.05, 3.63) is 28.2 Å². The first kappa shape index (κ1) is 16.6. The van der Waals surface area contributed by atoms with Crippen LogP contribution in [0.3, 0.4) is 0 Å². The van der Waals surface area contributed by atoms with Crippen LogP contribution in [-0.2, 0) is 14.3 Å². The summed E-state index contributed by atoms with van der Waals surface area (Å²) >= 11 is 11.7. The fourth-order valence-corrected chi connectivity index (χ4v) is 4.39. The van der Waals surface area contributed by atoms with Crippen molar-refractivity contribution in [1.29, 1.82) is 0 Å². The minimum atomic E-state index is -0.398. The lowest BCUT2D eigenvalue weighted by atomic mass is 9.86. The molecule has 2 saturated carbocycles. The maximum absolute atomic E-state index is 11.9. The molecule has 0 spiro atoms. The number of esters is 1. The van der Waals surface area contributed by atoms with E-state index in [2.05, 4.69) is 5.32 Å². The smallest absolute Gasteiger partial charge is 0.306 e. The van der Waals surface area contributed by atoms with Crippen molar-refractivity contribution >= 4 is 40.8 Å². The first-order valence-electron chi connectivity index (χ1n) is 7.91. The maximum Gasteiger partial charge on any atom is 0.306 e. The Kier molecular flexibility index (Phi) is 5.12. The van der Waals surface area contributed by atoms with Crippen molar-refractivity contribution in [3.8, 4) is 0 Å². The van der Waals surface area contributed by atoms with Crippen molar-refractivity contribution in [3.63, 3.8) is 0 Å². The molecule has 2 bridgehead atoms. The molecule has 1 aromatic carbocycles. The molecule has 2 aliphatic carbocycles. The van der Waals surface area contributed by atoms with Gasteiger partial charge >= 0.3 is 5.97 Å². The molecule has 3 rings (SSSR count). The molecule has 0 aromatic heterocycles. The Hall–Kier alpha value is -1.26. The number of carbonyl (C=O) groups excluding carboxylic acids is 2. The third-order valence-electron chi connectivity index (χ3n) is 4.82. The molecule has 4 nitrogen and oxygen atoms in total. The van der Waals surface area contributed by atoms with Crippen molar-refractivity contribution in [2.75, 3.05) is 11.9 Å². The van der Waals surface area contributed by atoms with Gasteiger partial charge in [-0.3, -0.25) is 9.59 Å². The normalized spacial score (nSPS) is 25.4. The summed E-state index contributed by atoms with van der Waals surface area (Å²) in [6.07, 6.45) is 5.36. The number of hydrogen-bond donors (Lipinski definition) is 1. The van der Waals surface area contributed by atoms with Crippen LogP contribution in [0.5, 0.6) is 0 Å². The predicted molar refractivity (Wildman–Crippen MR) is 89.6 cm³/mol. The molecule has 1 aromatic rings. The second-order valence-electron chi connectivity index (χ2n) is 6.51. The third kappa shape index (κ3) is 4.39. The summed E-state index contributed by atoms with van der Waals surface area (Å²) in [5, 5.41) is 3.48. The van der Waals surface area contributed by atoms with E-state index in [0.29, 0.717) is 34.0 Å². The minimum absolute atomic E-state index is 0.288. The van der Waals surface area contributed by atoms with Gasteiger partial charge in [-0.2, -0.15) is 0 Å². The highest BCUT2D eigenvalue weighted by molar-refractivity contribution is 6.35. The summed E-state index contributed by atoms with van der Waals surface area (Å²) < 4.78 is 5.09. The van der Waals surface area contributed by atoms with E-state index in [1.165, 1.54) is 19.3 Å². The zero-order valence-electron chi connectivity index (χ0n) is 12.7. The molecule has 3 atom stereocenters. The van der Waals surface area contributed by atoms with Crippen LogP contribution < -0.4 is 5.32 Å². The lowest BCUT2D eigenvalue weighted by Crippen LogP contribution is -2.23. The fraction of sp³-hybridized carbons (Fsp3) is 0.529. The van der Waals surface area contributed by atoms with Gasteiger partial charge in [-0.1, -0.05) is 29.6 Å². The van der Waals surface area contributed by atoms with Gasteiger partial charge in [0, 0.05) is 22.2 Å². The van der Waals surface area contributed by atoms with E-state index in [4.69, 9.17) is 27.9 Å². The molecule has 6 heteroatoms. The first-order valence-corrected chi connectivity index (χ1v) is 8.67. The zero-order chi connectivity index (χ0) is 16.4. The lowest BCUT2D eigenvalue weighted by molar-refractivity contribution is -0.148. The van der Waals surface area contributed by atoms with Gasteiger partial charge in [-0.25, -0.2) is 0 Å². The van der Waals surface area contributed by atoms with Crippen molar-refractivity contribution in [2.45, 2.75) is 32.1 Å². The number of anilines is 1. The Bertz CT molecular complexity index is 600. The molecule has 0 aliphatic heterocycles. The number of halogens is 2. The molecule has 1 amide bonds. The molecule has 1 N–H and O–H groups in total. The average molecular weight is 356 g/mol. The van der Waals surface area contributed by atoms with E-state index in [-0.39, 0.29) is 12.6 Å². The van der Waals surface area contributed by atoms with Crippen LogP contribution in [0.1, 0.15) is 32.1 Å². The summed E-state index contributed by atoms with van der Waals surface area (Å²) in [4.78, 5) is 23.7. The van der Waals surface area contributed by atoms with Crippen LogP contribution in [0.15, 0.2) is 18.2 Å². The van der Waals surface area contributed by atoms with E-state index in [9.17, 15) is 9.59 Å². The number of fused-ring (bicyclic) bond motifs is 2. The third-order valence-corrected chi connectivity index (χ3v) is 5.26. The summed E-state index contributed by atoms with van der Waals surface area (Å²) in [6, 6.07) is 4.75. The molecular weight excluding hydrogens is 337 g/mol. The molecule has 23 heavy (non-hydrogen) atoms. The van der Waals surface area contributed by atoms with Crippen LogP contribution in [0.4, 0.5) is 5.69 Å². The highest BCUT2D eigenvalue weighted by atomic mass is 35.5. The average Bonchev–Trinajstić information content (AvgIpc) is 3.06. The van der Waals surface area contributed by atoms with Gasteiger partial charge in [-0.05, 0) is 55.2 Å². The molecule has 0 unspecified atom stereocenters. The van der Waals surface area contributed by atoms with E-state index < -0.39 is 5.91 Å². The number of carbonyl (C=O) groups is 2. The van der Waals surface area contributed by atoms with Gasteiger partial charge in [-0.15, -0.1) is 0 Å². The number of nitrogens with one attached hydrogen (secondary N) is 1. The van der Waals surface area contributed by atoms with Gasteiger partial charge < -0.3 is 10.1 Å². The Balaban J connectivity index is 1.42. The molecule has 2 aliphatic rings. The van der Waals surface area contributed by atoms with Crippen LogP contribution in [-0.4, -0.2) is 18.5 Å². The van der Waals surface area contributed by atoms with Crippen LogP contribution in [0.2, 0.25) is 10.0 Å². The number of hydrogen-bond acceptors (Lipinski definition) is 3. The number of ether oxygens (including phenoxy) is 1. The molecule has 0 heterocycles. The van der Waals surface area contributed by atoms with Crippen LogP contribution >= 0.6 is 23.2 Å². The Morgan fingerprint density at radius 1 is 1.13 bits per heavy atom. The quantitative estimate of drug-likeness (QED) is 0.801. The Morgan fingerprint density at radius 2 is 1.87 bits per heavy atom.